The van der Waals surface area contributed by atoms with Crippen LogP contribution in [0.4, 0.5) is 0 Å². The van der Waals surface area contributed by atoms with Crippen LogP contribution in [0.1, 0.15) is 17.2 Å². The Labute approximate surface area is 167 Å². The maximum atomic E-state index is 6.47. The summed E-state index contributed by atoms with van der Waals surface area (Å²) in [5, 5.41) is 0. The molecule has 0 unspecified atom stereocenters. The zero-order valence-corrected chi connectivity index (χ0v) is 19.2. The van der Waals surface area contributed by atoms with E-state index in [1.54, 1.807) is 0 Å². The van der Waals surface area contributed by atoms with Crippen LogP contribution in [0.25, 0.3) is 0 Å². The lowest BCUT2D eigenvalue weighted by molar-refractivity contribution is 0.848. The van der Waals surface area contributed by atoms with Gasteiger partial charge in [0.15, 0.2) is 0 Å². The van der Waals surface area contributed by atoms with Gasteiger partial charge in [-0.25, -0.2) is 0 Å². The fourth-order valence-electron chi connectivity index (χ4n) is 1.85. The van der Waals surface area contributed by atoms with Gasteiger partial charge in [-0.05, 0) is 24.3 Å². The number of nitrogens with two attached hydrogens (primary N) is 1. The zero-order valence-electron chi connectivity index (χ0n) is 9.73. The van der Waals surface area contributed by atoms with Crippen LogP contribution >= 0.6 is 95.6 Å². The summed E-state index contributed by atoms with van der Waals surface area (Å²) in [7, 11) is 0. The average Bonchev–Trinajstić information content (AvgIpc) is 2.25. The van der Waals surface area contributed by atoms with Crippen molar-refractivity contribution in [3.8, 4) is 0 Å². The minimum atomic E-state index is -0.274. The van der Waals surface area contributed by atoms with E-state index >= 15 is 0 Å². The molecule has 0 aliphatic carbocycles. The van der Waals surface area contributed by atoms with Gasteiger partial charge in [0, 0.05) is 38.0 Å². The van der Waals surface area contributed by atoms with Gasteiger partial charge in [-0.3, -0.25) is 0 Å². The van der Waals surface area contributed by atoms with Crippen LogP contribution in [0, 0.1) is 0 Å². The third kappa shape index (κ3) is 3.78. The highest BCUT2D eigenvalue weighted by molar-refractivity contribution is 9.12. The Balaban J connectivity index is 2.61. The monoisotopic (exact) mass is 651 g/mol. The summed E-state index contributed by atoms with van der Waals surface area (Å²) in [5.41, 5.74) is 8.46. The van der Waals surface area contributed by atoms with Gasteiger partial charge in [-0.2, -0.15) is 0 Å². The van der Waals surface area contributed by atoms with Crippen molar-refractivity contribution in [3.63, 3.8) is 0 Å². The molecule has 2 N–H and O–H groups in total. The molecule has 0 amide bonds. The summed E-state index contributed by atoms with van der Waals surface area (Å²) in [5.74, 6) is 0. The number of hydrogen-bond acceptors (Lipinski definition) is 1. The Morgan fingerprint density at radius 2 is 0.850 bits per heavy atom. The maximum Gasteiger partial charge on any atom is 0.0596 e. The SMILES string of the molecule is NC(c1c(Br)cc(Br)cc1Br)c1c(Br)cc(Br)cc1Br. The predicted molar refractivity (Wildman–Crippen MR) is 105 cm³/mol. The third-order valence-corrected chi connectivity index (χ3v) is 6.25. The van der Waals surface area contributed by atoms with E-state index in [9.17, 15) is 0 Å². The Hall–Kier alpha value is 1.28. The van der Waals surface area contributed by atoms with E-state index in [4.69, 9.17) is 5.73 Å². The zero-order chi connectivity index (χ0) is 15.0. The molecule has 7 heteroatoms. The number of halogens is 6. The van der Waals surface area contributed by atoms with E-state index in [1.165, 1.54) is 0 Å². The molecule has 20 heavy (non-hydrogen) atoms. The molecule has 1 nitrogen and oxygen atoms in total. The minimum absolute atomic E-state index is 0.274. The van der Waals surface area contributed by atoms with Crippen molar-refractivity contribution in [2.24, 2.45) is 5.73 Å². The van der Waals surface area contributed by atoms with Crippen LogP contribution in [0.2, 0.25) is 0 Å². The summed E-state index contributed by atoms with van der Waals surface area (Å²) in [6.07, 6.45) is 0. The fraction of sp³-hybridized carbons (Fsp3) is 0.0769. The number of benzene rings is 2. The second-order valence-electron chi connectivity index (χ2n) is 4.04. The van der Waals surface area contributed by atoms with Crippen LogP contribution in [0.3, 0.4) is 0 Å². The van der Waals surface area contributed by atoms with Crippen molar-refractivity contribution in [2.45, 2.75) is 6.04 Å². The molecule has 0 atom stereocenters. The number of hydrogen-bond donors (Lipinski definition) is 1. The van der Waals surface area contributed by atoms with Crippen LogP contribution < -0.4 is 5.73 Å². The molecular weight excluding hydrogens is 650 g/mol. The summed E-state index contributed by atoms with van der Waals surface area (Å²) >= 11 is 21.2. The van der Waals surface area contributed by atoms with E-state index < -0.39 is 0 Å². The Bertz CT molecular complexity index is 566. The minimum Gasteiger partial charge on any atom is -0.320 e. The molecule has 0 saturated carbocycles. The lowest BCUT2D eigenvalue weighted by atomic mass is 10.00. The largest absolute Gasteiger partial charge is 0.320 e. The molecule has 0 heterocycles. The molecule has 0 aliphatic heterocycles. The van der Waals surface area contributed by atoms with Gasteiger partial charge in [-0.15, -0.1) is 0 Å². The maximum absolute atomic E-state index is 6.47. The molecule has 0 fully saturated rings. The normalized spacial score (nSPS) is 11.2. The van der Waals surface area contributed by atoms with E-state index in [1.807, 2.05) is 24.3 Å². The first kappa shape index (κ1) is 17.6. The van der Waals surface area contributed by atoms with E-state index in [0.29, 0.717) is 0 Å². The van der Waals surface area contributed by atoms with Gasteiger partial charge in [0.2, 0.25) is 0 Å². The highest BCUT2D eigenvalue weighted by atomic mass is 79.9. The van der Waals surface area contributed by atoms with Crippen LogP contribution in [-0.4, -0.2) is 0 Å². The van der Waals surface area contributed by atoms with Gasteiger partial charge < -0.3 is 5.73 Å². The predicted octanol–water partition coefficient (Wildman–Crippen LogP) is 7.31. The standard InChI is InChI=1S/C13H7Br6N/c14-5-1-7(16)11(8(17)2-5)13(20)12-9(18)3-6(15)4-10(12)19/h1-4,13H,20H2. The molecule has 2 aromatic carbocycles. The molecule has 0 bridgehead atoms. The van der Waals surface area contributed by atoms with Crippen molar-refractivity contribution in [1.29, 1.82) is 0 Å². The first-order valence-corrected chi connectivity index (χ1v) is 10.1. The Kier molecular flexibility index (Phi) is 6.38. The molecule has 0 spiro atoms. The second-order valence-corrected chi connectivity index (χ2v) is 9.29. The van der Waals surface area contributed by atoms with Crippen LogP contribution in [0.5, 0.6) is 0 Å². The Morgan fingerprint density at radius 3 is 1.10 bits per heavy atom. The van der Waals surface area contributed by atoms with Gasteiger partial charge in [0.25, 0.3) is 0 Å². The van der Waals surface area contributed by atoms with Gasteiger partial charge in [0.05, 0.1) is 6.04 Å². The lowest BCUT2D eigenvalue weighted by Gasteiger charge is -2.20. The fourth-order valence-corrected chi connectivity index (χ4v) is 7.35. The van der Waals surface area contributed by atoms with Gasteiger partial charge in [-0.1, -0.05) is 95.6 Å². The third-order valence-electron chi connectivity index (χ3n) is 2.71. The van der Waals surface area contributed by atoms with Crippen molar-refractivity contribution < 1.29 is 0 Å². The average molecular weight is 657 g/mol. The van der Waals surface area contributed by atoms with Gasteiger partial charge in [0.1, 0.15) is 0 Å². The quantitative estimate of drug-likeness (QED) is 0.361. The van der Waals surface area contributed by atoms with Gasteiger partial charge >= 0.3 is 0 Å². The van der Waals surface area contributed by atoms with Crippen molar-refractivity contribution in [1.82, 2.24) is 0 Å². The van der Waals surface area contributed by atoms with Crippen LogP contribution in [-0.2, 0) is 0 Å². The summed E-state index contributed by atoms with van der Waals surface area (Å²) < 4.78 is 5.78. The van der Waals surface area contributed by atoms with Crippen molar-refractivity contribution in [3.05, 3.63) is 62.2 Å². The summed E-state index contributed by atoms with van der Waals surface area (Å²) in [6.45, 7) is 0. The molecule has 0 aromatic heterocycles. The molecule has 0 radical (unpaired) electrons. The van der Waals surface area contributed by atoms with E-state index in [-0.39, 0.29) is 6.04 Å². The highest BCUT2D eigenvalue weighted by Crippen LogP contribution is 2.41. The molecule has 0 aliphatic rings. The first-order valence-electron chi connectivity index (χ1n) is 5.35. The smallest absolute Gasteiger partial charge is 0.0596 e. The molecule has 106 valence electrons. The lowest BCUT2D eigenvalue weighted by Crippen LogP contribution is -2.14. The van der Waals surface area contributed by atoms with E-state index in [0.717, 1.165) is 38.0 Å². The second kappa shape index (κ2) is 7.23. The molecular formula is C13H7Br6N. The topological polar surface area (TPSA) is 26.0 Å². The molecule has 0 saturated heterocycles. The van der Waals surface area contributed by atoms with Crippen molar-refractivity contribution in [2.75, 3.05) is 0 Å². The molecule has 2 aromatic rings. The molecule has 2 rings (SSSR count). The first-order chi connectivity index (χ1) is 9.31. The Morgan fingerprint density at radius 1 is 0.600 bits per heavy atom. The number of rotatable bonds is 2. The van der Waals surface area contributed by atoms with Crippen LogP contribution in [0.15, 0.2) is 51.1 Å². The van der Waals surface area contributed by atoms with Crippen molar-refractivity contribution >= 4 is 95.6 Å². The van der Waals surface area contributed by atoms with E-state index in [2.05, 4.69) is 95.6 Å². The summed E-state index contributed by atoms with van der Waals surface area (Å²) in [6, 6.07) is 7.67. The summed E-state index contributed by atoms with van der Waals surface area (Å²) in [4.78, 5) is 0. The highest BCUT2D eigenvalue weighted by Gasteiger charge is 2.21.